The van der Waals surface area contributed by atoms with E-state index in [2.05, 4.69) is 4.98 Å². The van der Waals surface area contributed by atoms with Crippen molar-refractivity contribution in [3.63, 3.8) is 0 Å². The molecule has 6 heteroatoms. The molecule has 0 N–H and O–H groups in total. The molecule has 0 bridgehead atoms. The molecule has 1 aromatic heterocycles. The van der Waals surface area contributed by atoms with Gasteiger partial charge in [0.25, 0.3) is 0 Å². The molecule has 1 nitrogen and oxygen atoms in total. The first-order valence-corrected chi connectivity index (χ1v) is 7.85. The average Bonchev–Trinajstić information content (AvgIpc) is 2.99. The zero-order chi connectivity index (χ0) is 18.0. The quantitative estimate of drug-likeness (QED) is 0.111. The van der Waals surface area contributed by atoms with E-state index in [0.29, 0.717) is 5.52 Å². The van der Waals surface area contributed by atoms with Crippen LogP contribution in [0.3, 0.4) is 0 Å². The largest absolute Gasteiger partial charge is 0.296 e. The molecule has 4 aromatic rings. The molecule has 27 heavy (non-hydrogen) atoms. The third kappa shape index (κ3) is 2.44. The third-order valence-electron chi connectivity index (χ3n) is 4.63. The fourth-order valence-corrected chi connectivity index (χ4v) is 3.50. The topological polar surface area (TPSA) is 12.9 Å². The molecule has 0 unspecified atom stereocenters. The van der Waals surface area contributed by atoms with Crippen LogP contribution in [-0.2, 0) is 20.1 Å². The predicted octanol–water partition coefficient (Wildman–Crippen LogP) is 5.90. The first-order valence-electron chi connectivity index (χ1n) is 7.85. The Morgan fingerprint density at radius 1 is 0.704 bits per heavy atom. The Bertz CT molecular complexity index is 1240. The van der Waals surface area contributed by atoms with Crippen LogP contribution in [0.5, 0.6) is 0 Å². The van der Waals surface area contributed by atoms with Gasteiger partial charge in [0.2, 0.25) is 0 Å². The van der Waals surface area contributed by atoms with E-state index in [-0.39, 0.29) is 25.8 Å². The number of rotatable bonds is 1. The van der Waals surface area contributed by atoms with Crippen LogP contribution in [0.25, 0.3) is 44.4 Å². The summed E-state index contributed by atoms with van der Waals surface area (Å²) in [6, 6.07) is 16.7. The number of nitrogens with zero attached hydrogens (tertiary/aromatic N) is 1. The number of benzene rings is 3. The van der Waals surface area contributed by atoms with Gasteiger partial charge in [0, 0.05) is 25.5 Å². The summed E-state index contributed by atoms with van der Waals surface area (Å²) in [7, 11) is 0. The summed E-state index contributed by atoms with van der Waals surface area (Å²) >= 11 is 0. The van der Waals surface area contributed by atoms with Gasteiger partial charge in [-0.1, -0.05) is 54.1 Å². The predicted molar refractivity (Wildman–Crippen MR) is 90.3 cm³/mol. The maximum atomic E-state index is 14.2. The second-order valence-electron chi connectivity index (χ2n) is 6.06. The van der Waals surface area contributed by atoms with Crippen molar-refractivity contribution in [2.45, 2.75) is 0 Å². The van der Waals surface area contributed by atoms with Crippen molar-refractivity contribution in [2.24, 2.45) is 0 Å². The van der Waals surface area contributed by atoms with Gasteiger partial charge in [-0.2, -0.15) is 0 Å². The van der Waals surface area contributed by atoms with Crippen LogP contribution in [0.1, 0.15) is 0 Å². The molecule has 0 atom stereocenters. The summed E-state index contributed by atoms with van der Waals surface area (Å²) in [6.07, 6.45) is 0. The van der Waals surface area contributed by atoms with Gasteiger partial charge in [0.05, 0.1) is 17.2 Å². The molecule has 0 amide bonds. The van der Waals surface area contributed by atoms with E-state index in [4.69, 9.17) is 0 Å². The first kappa shape index (κ1) is 17.8. The minimum absolute atomic E-state index is 0. The van der Waals surface area contributed by atoms with E-state index in [9.17, 15) is 17.6 Å². The first-order chi connectivity index (χ1) is 12.6. The zero-order valence-electron chi connectivity index (χ0n) is 13.4. The molecular weight excluding hydrogens is 534 g/mol. The fraction of sp³-hybridized carbons (Fsp3) is 0. The Labute approximate surface area is 165 Å². The Balaban J connectivity index is 0.00000180. The van der Waals surface area contributed by atoms with E-state index in [1.165, 1.54) is 0 Å². The molecule has 5 rings (SSSR count). The second-order valence-corrected chi connectivity index (χ2v) is 6.06. The van der Waals surface area contributed by atoms with Crippen LogP contribution in [0, 0.1) is 29.3 Å². The van der Waals surface area contributed by atoms with Gasteiger partial charge in [-0.25, -0.2) is 8.78 Å². The van der Waals surface area contributed by atoms with Crippen molar-refractivity contribution < 1.29 is 37.7 Å². The van der Waals surface area contributed by atoms with E-state index in [1.807, 2.05) is 42.5 Å². The smallest absolute Gasteiger partial charge is 0.114 e. The molecule has 1 radical (unpaired) electrons. The third-order valence-corrected chi connectivity index (χ3v) is 4.63. The molecule has 0 saturated carbocycles. The van der Waals surface area contributed by atoms with Gasteiger partial charge >= 0.3 is 0 Å². The van der Waals surface area contributed by atoms with Crippen molar-refractivity contribution in [3.8, 4) is 33.5 Å². The summed E-state index contributed by atoms with van der Waals surface area (Å²) in [5.41, 5.74) is 3.73. The molecule has 0 aliphatic heterocycles. The molecular formula is C21H8F4IrN-. The molecule has 1 aliphatic carbocycles. The van der Waals surface area contributed by atoms with Gasteiger partial charge < -0.3 is 0 Å². The molecule has 1 aliphatic rings. The summed E-state index contributed by atoms with van der Waals surface area (Å²) < 4.78 is 54.7. The van der Waals surface area contributed by atoms with Crippen molar-refractivity contribution in [1.82, 2.24) is 4.98 Å². The molecule has 1 heterocycles. The van der Waals surface area contributed by atoms with Crippen LogP contribution in [0.4, 0.5) is 17.6 Å². The van der Waals surface area contributed by atoms with Gasteiger partial charge in [-0.05, 0) is 34.0 Å². The van der Waals surface area contributed by atoms with Crippen molar-refractivity contribution >= 4 is 10.9 Å². The standard InChI is InChI=1S/C21H8F4N.Ir/c22-15-8-14(19(23)21(25)20(15)24)17-9-13-11-5-2-1-4-10(11)12-6-3-7-16(26-17)18(12)13;/h1-7,9H;/q-1;. The van der Waals surface area contributed by atoms with Crippen LogP contribution < -0.4 is 0 Å². The summed E-state index contributed by atoms with van der Waals surface area (Å²) in [5.74, 6) is -6.84. The number of fused-ring (bicyclic) bond motifs is 3. The Kier molecular flexibility index (Phi) is 4.13. The minimum Gasteiger partial charge on any atom is -0.296 e. The number of hydrogen-bond acceptors (Lipinski definition) is 1. The molecule has 0 spiro atoms. The maximum absolute atomic E-state index is 14.2. The Morgan fingerprint density at radius 2 is 1.37 bits per heavy atom. The van der Waals surface area contributed by atoms with Crippen LogP contribution in [-0.4, -0.2) is 4.98 Å². The summed E-state index contributed by atoms with van der Waals surface area (Å²) in [5, 5.41) is 0.890. The average molecular weight is 543 g/mol. The van der Waals surface area contributed by atoms with Crippen LogP contribution in [0.15, 0.2) is 48.5 Å². The van der Waals surface area contributed by atoms with E-state index >= 15 is 0 Å². The van der Waals surface area contributed by atoms with Gasteiger partial charge in [0.15, 0.2) is 0 Å². The minimum atomic E-state index is -1.88. The SMILES string of the molecule is Fc1[c-]c(-c2cc3c4c(cccc4n2)-c2ccccc2-3)c(F)c(F)c1F.[Ir]. The second kappa shape index (κ2) is 6.25. The number of pyridine rings is 1. The van der Waals surface area contributed by atoms with Gasteiger partial charge in [-0.3, -0.25) is 13.8 Å². The van der Waals surface area contributed by atoms with Gasteiger partial charge in [-0.15, -0.1) is 0 Å². The van der Waals surface area contributed by atoms with Crippen molar-refractivity contribution in [3.05, 3.63) is 77.9 Å². The van der Waals surface area contributed by atoms with E-state index < -0.39 is 28.8 Å². The van der Waals surface area contributed by atoms with Crippen LogP contribution in [0.2, 0.25) is 0 Å². The number of halogens is 4. The monoisotopic (exact) mass is 543 g/mol. The number of hydrogen-bond donors (Lipinski definition) is 0. The van der Waals surface area contributed by atoms with E-state index in [1.54, 1.807) is 12.1 Å². The van der Waals surface area contributed by atoms with Crippen molar-refractivity contribution in [1.29, 1.82) is 0 Å². The van der Waals surface area contributed by atoms with E-state index in [0.717, 1.165) is 27.6 Å². The normalized spacial score (nSPS) is 11.4. The summed E-state index contributed by atoms with van der Waals surface area (Å²) in [6.45, 7) is 0. The Morgan fingerprint density at radius 3 is 2.11 bits per heavy atom. The Hall–Kier alpha value is -2.56. The molecule has 0 fully saturated rings. The van der Waals surface area contributed by atoms with Crippen LogP contribution >= 0.6 is 0 Å². The molecule has 135 valence electrons. The van der Waals surface area contributed by atoms with Crippen molar-refractivity contribution in [2.75, 3.05) is 0 Å². The molecule has 0 saturated heterocycles. The molecule has 3 aromatic carbocycles. The van der Waals surface area contributed by atoms with Gasteiger partial charge in [0.1, 0.15) is 11.6 Å². The summed E-state index contributed by atoms with van der Waals surface area (Å²) in [4.78, 5) is 4.34. The number of aromatic nitrogens is 1. The fourth-order valence-electron chi connectivity index (χ4n) is 3.50. The zero-order valence-corrected chi connectivity index (χ0v) is 15.8. The maximum Gasteiger partial charge on any atom is 0.114 e.